The molecular formula is C15H19N3O10. The number of ether oxygens (including phenoxy) is 2. The van der Waals surface area contributed by atoms with Gasteiger partial charge in [0.05, 0.1) is 26.3 Å². The van der Waals surface area contributed by atoms with Crippen LogP contribution in [0.4, 0.5) is 0 Å². The average molecular weight is 401 g/mol. The lowest BCUT2D eigenvalue weighted by Gasteiger charge is -2.31. The van der Waals surface area contributed by atoms with Gasteiger partial charge in [-0.2, -0.15) is 4.57 Å². The van der Waals surface area contributed by atoms with Crippen molar-refractivity contribution in [1.29, 1.82) is 0 Å². The number of nitrogens with zero attached hydrogens (tertiary/aromatic N) is 3. The Morgan fingerprint density at radius 3 is 1.54 bits per heavy atom. The number of esters is 2. The molecule has 0 aliphatic carbocycles. The van der Waals surface area contributed by atoms with E-state index in [1.807, 2.05) is 0 Å². The van der Waals surface area contributed by atoms with E-state index in [-0.39, 0.29) is 4.57 Å². The lowest BCUT2D eigenvalue weighted by atomic mass is 10.4. The van der Waals surface area contributed by atoms with E-state index in [9.17, 15) is 29.1 Å². The monoisotopic (exact) mass is 401 g/mol. The molecule has 0 amide bonds. The summed E-state index contributed by atoms with van der Waals surface area (Å²) < 4.78 is 10.3. The van der Waals surface area contributed by atoms with Crippen molar-refractivity contribution in [3.8, 4) is 0 Å². The van der Waals surface area contributed by atoms with Crippen molar-refractivity contribution >= 4 is 11.9 Å². The van der Waals surface area contributed by atoms with Gasteiger partial charge in [0.1, 0.15) is 6.61 Å². The van der Waals surface area contributed by atoms with E-state index in [2.05, 4.69) is 13.2 Å². The fourth-order valence-electron chi connectivity index (χ4n) is 2.15. The van der Waals surface area contributed by atoms with Gasteiger partial charge in [-0.25, -0.2) is 33.1 Å². The highest BCUT2D eigenvalue weighted by atomic mass is 16.8. The number of hydrogen-bond acceptors (Lipinski definition) is 10. The van der Waals surface area contributed by atoms with Gasteiger partial charge in [0, 0.05) is 12.2 Å². The number of aromatic nitrogens is 3. The van der Waals surface area contributed by atoms with Gasteiger partial charge in [-0.05, 0) is 0 Å². The smallest absolute Gasteiger partial charge is 0.378 e. The molecule has 13 heteroatoms. The first-order valence-corrected chi connectivity index (χ1v) is 7.73. The van der Waals surface area contributed by atoms with Crippen molar-refractivity contribution < 1.29 is 34.4 Å². The normalized spacial score (nSPS) is 11.0. The van der Waals surface area contributed by atoms with Crippen molar-refractivity contribution in [2.45, 2.75) is 19.0 Å². The van der Waals surface area contributed by atoms with Crippen LogP contribution in [0.5, 0.6) is 0 Å². The summed E-state index contributed by atoms with van der Waals surface area (Å²) in [5.74, 6) is -5.58. The Hall–Kier alpha value is -3.29. The molecule has 0 atom stereocenters. The Labute approximate surface area is 156 Å². The fourth-order valence-corrected chi connectivity index (χ4v) is 2.15. The molecule has 0 unspecified atom stereocenters. The minimum Gasteiger partial charge on any atom is -0.398 e. The Balaban J connectivity index is 4.02. The van der Waals surface area contributed by atoms with Crippen LogP contribution in [-0.4, -0.2) is 60.8 Å². The van der Waals surface area contributed by atoms with Gasteiger partial charge in [0.2, 0.25) is 0 Å². The Kier molecular flexibility index (Phi) is 7.79. The molecule has 0 aromatic carbocycles. The van der Waals surface area contributed by atoms with Gasteiger partial charge in [0.25, 0.3) is 0 Å². The molecule has 0 saturated heterocycles. The molecule has 154 valence electrons. The number of carbonyl (C=O) groups excluding carboxylic acids is 2. The maximum Gasteiger partial charge on any atom is 0.378 e. The van der Waals surface area contributed by atoms with Gasteiger partial charge < -0.3 is 24.8 Å². The van der Waals surface area contributed by atoms with E-state index >= 15 is 0 Å². The quantitative estimate of drug-likeness (QED) is 0.200. The van der Waals surface area contributed by atoms with E-state index < -0.39 is 67.8 Å². The molecule has 0 saturated carbocycles. The highest BCUT2D eigenvalue weighted by Crippen LogP contribution is 2.18. The summed E-state index contributed by atoms with van der Waals surface area (Å²) in [7, 11) is 0. The summed E-state index contributed by atoms with van der Waals surface area (Å²) in [5.41, 5.74) is -4.10. The molecule has 0 aliphatic rings. The second kappa shape index (κ2) is 9.59. The van der Waals surface area contributed by atoms with Crippen molar-refractivity contribution in [3.05, 3.63) is 56.8 Å². The third kappa shape index (κ3) is 4.33. The highest BCUT2D eigenvalue weighted by molar-refractivity contribution is 5.83. The SMILES string of the molecule is C=CC(=O)OC(CO)(OC(=O)C=C)n1c(=O)n(CCO)c(=O)n(CCO)c1=O. The predicted octanol–water partition coefficient (Wildman–Crippen LogP) is -3.78. The predicted molar refractivity (Wildman–Crippen MR) is 91.0 cm³/mol. The van der Waals surface area contributed by atoms with Crippen LogP contribution in [0.1, 0.15) is 0 Å². The van der Waals surface area contributed by atoms with Gasteiger partial charge >= 0.3 is 34.9 Å². The third-order valence-electron chi connectivity index (χ3n) is 3.35. The van der Waals surface area contributed by atoms with E-state index in [0.29, 0.717) is 21.3 Å². The van der Waals surface area contributed by atoms with Crippen LogP contribution in [-0.2, 0) is 38.1 Å². The third-order valence-corrected chi connectivity index (χ3v) is 3.35. The van der Waals surface area contributed by atoms with Crippen LogP contribution < -0.4 is 17.1 Å². The first-order valence-electron chi connectivity index (χ1n) is 7.73. The second-order valence-electron chi connectivity index (χ2n) is 5.05. The zero-order valence-corrected chi connectivity index (χ0v) is 14.6. The first-order chi connectivity index (χ1) is 13.2. The molecule has 1 aromatic heterocycles. The Morgan fingerprint density at radius 2 is 1.25 bits per heavy atom. The summed E-state index contributed by atoms with van der Waals surface area (Å²) in [4.78, 5) is 61.1. The largest absolute Gasteiger partial charge is 0.398 e. The maximum absolute atomic E-state index is 12.7. The summed E-state index contributed by atoms with van der Waals surface area (Å²) in [6, 6.07) is 0. The van der Waals surface area contributed by atoms with E-state index in [4.69, 9.17) is 19.7 Å². The first kappa shape index (κ1) is 22.8. The van der Waals surface area contributed by atoms with Crippen LogP contribution in [0, 0.1) is 0 Å². The molecular weight excluding hydrogens is 382 g/mol. The van der Waals surface area contributed by atoms with Crippen LogP contribution in [0.3, 0.4) is 0 Å². The van der Waals surface area contributed by atoms with Crippen molar-refractivity contribution in [3.63, 3.8) is 0 Å². The topological polar surface area (TPSA) is 179 Å². The molecule has 0 bridgehead atoms. The summed E-state index contributed by atoms with van der Waals surface area (Å²) in [6.45, 7) is 2.26. The molecule has 0 spiro atoms. The number of carbonyl (C=O) groups is 2. The minimum atomic E-state index is -3.01. The minimum absolute atomic E-state index is 0.00250. The molecule has 1 aromatic rings. The Bertz CT molecular complexity index is 873. The number of aliphatic hydroxyl groups is 3. The molecule has 0 fully saturated rings. The van der Waals surface area contributed by atoms with E-state index in [1.54, 1.807) is 0 Å². The standard InChI is InChI=1S/C15H19N3O10/c1-3-10(22)27-15(9-21,28-11(23)4-2)18-13(25)16(5-7-19)12(24)17(6-8-20)14(18)26/h3-4,19-21H,1-2,5-9H2. The van der Waals surface area contributed by atoms with Gasteiger partial charge in [0.15, 0.2) is 0 Å². The lowest BCUT2D eigenvalue weighted by Crippen LogP contribution is -2.63. The summed E-state index contributed by atoms with van der Waals surface area (Å²) >= 11 is 0. The van der Waals surface area contributed by atoms with Crippen LogP contribution >= 0.6 is 0 Å². The second-order valence-corrected chi connectivity index (χ2v) is 5.05. The molecule has 3 N–H and O–H groups in total. The van der Waals surface area contributed by atoms with Gasteiger partial charge in [-0.1, -0.05) is 13.2 Å². The maximum atomic E-state index is 12.7. The Morgan fingerprint density at radius 1 is 0.857 bits per heavy atom. The van der Waals surface area contributed by atoms with Crippen molar-refractivity contribution in [2.24, 2.45) is 0 Å². The van der Waals surface area contributed by atoms with E-state index in [0.717, 1.165) is 0 Å². The average Bonchev–Trinajstić information content (AvgIpc) is 2.67. The molecule has 13 nitrogen and oxygen atoms in total. The summed E-state index contributed by atoms with van der Waals surface area (Å²) in [5, 5.41) is 27.9. The van der Waals surface area contributed by atoms with Crippen molar-refractivity contribution in [2.75, 3.05) is 19.8 Å². The van der Waals surface area contributed by atoms with Crippen LogP contribution in [0.25, 0.3) is 0 Å². The zero-order valence-electron chi connectivity index (χ0n) is 14.6. The zero-order chi connectivity index (χ0) is 21.5. The fraction of sp³-hybridized carbons (Fsp3) is 0.400. The van der Waals surface area contributed by atoms with Crippen LogP contribution in [0.15, 0.2) is 39.7 Å². The molecule has 28 heavy (non-hydrogen) atoms. The highest BCUT2D eigenvalue weighted by Gasteiger charge is 2.44. The molecule has 1 heterocycles. The van der Waals surface area contributed by atoms with Crippen molar-refractivity contribution in [1.82, 2.24) is 13.7 Å². The number of aliphatic hydroxyl groups excluding tert-OH is 3. The van der Waals surface area contributed by atoms with Crippen LogP contribution in [0.2, 0.25) is 0 Å². The molecule has 0 radical (unpaired) electrons. The summed E-state index contributed by atoms with van der Waals surface area (Å²) in [6.07, 6.45) is 1.21. The molecule has 0 aliphatic heterocycles. The molecule has 1 rings (SSSR count). The number of hydrogen-bond donors (Lipinski definition) is 3. The van der Waals surface area contributed by atoms with Gasteiger partial charge in [-0.15, -0.1) is 0 Å². The van der Waals surface area contributed by atoms with E-state index in [1.165, 1.54) is 0 Å². The lowest BCUT2D eigenvalue weighted by molar-refractivity contribution is -0.279. The van der Waals surface area contributed by atoms with Gasteiger partial charge in [-0.3, -0.25) is 0 Å². The number of rotatable bonds is 10.